The molecule has 0 bridgehead atoms. The van der Waals surface area contributed by atoms with Gasteiger partial charge in [-0.25, -0.2) is 14.2 Å². The van der Waals surface area contributed by atoms with Gasteiger partial charge in [-0.05, 0) is 36.8 Å². The number of benzene rings is 2. The number of carbonyl (C=O) groups is 1. The Hall–Kier alpha value is -3.43. The third-order valence-electron chi connectivity index (χ3n) is 3.79. The van der Waals surface area contributed by atoms with Crippen LogP contribution in [0.3, 0.4) is 0 Å². The summed E-state index contributed by atoms with van der Waals surface area (Å²) in [6.45, 7) is 1.33. The molecule has 146 valence electrons. The first kappa shape index (κ1) is 19.3. The highest BCUT2D eigenvalue weighted by Crippen LogP contribution is 2.32. The largest absolute Gasteiger partial charge is 0.416 e. The van der Waals surface area contributed by atoms with Gasteiger partial charge in [0.1, 0.15) is 11.6 Å². The number of halogens is 4. The standard InChI is InChI=1S/C18H15F4N5O/c1-10-24-16(27-26-10)11-3-2-4-14(7-11)25-17(28)23-9-12-5-6-13(19)8-15(12)18(20,21)22/h2-8H,9H2,1H3,(H2,23,25,28)(H,24,26,27). The van der Waals surface area contributed by atoms with Crippen LogP contribution >= 0.6 is 0 Å². The summed E-state index contributed by atoms with van der Waals surface area (Å²) in [5, 5.41) is 11.6. The van der Waals surface area contributed by atoms with E-state index in [2.05, 4.69) is 25.8 Å². The predicted octanol–water partition coefficient (Wildman–Crippen LogP) is 4.26. The molecule has 10 heteroatoms. The van der Waals surface area contributed by atoms with E-state index in [4.69, 9.17) is 0 Å². The molecule has 0 aliphatic heterocycles. The first-order chi connectivity index (χ1) is 13.2. The van der Waals surface area contributed by atoms with Gasteiger partial charge >= 0.3 is 12.2 Å². The lowest BCUT2D eigenvalue weighted by Crippen LogP contribution is -2.29. The highest BCUT2D eigenvalue weighted by atomic mass is 19.4. The minimum Gasteiger partial charge on any atom is -0.334 e. The van der Waals surface area contributed by atoms with Crippen molar-refractivity contribution < 1.29 is 22.4 Å². The number of hydrogen-bond acceptors (Lipinski definition) is 3. The maximum atomic E-state index is 13.1. The fraction of sp³-hybridized carbons (Fsp3) is 0.167. The summed E-state index contributed by atoms with van der Waals surface area (Å²) in [4.78, 5) is 16.2. The first-order valence-electron chi connectivity index (χ1n) is 8.12. The summed E-state index contributed by atoms with van der Waals surface area (Å²) in [5.41, 5.74) is -0.309. The number of urea groups is 1. The molecule has 6 nitrogen and oxygen atoms in total. The van der Waals surface area contributed by atoms with Crippen LogP contribution in [0.1, 0.15) is 17.0 Å². The summed E-state index contributed by atoms with van der Waals surface area (Å²) >= 11 is 0. The van der Waals surface area contributed by atoms with Crippen LogP contribution in [0.2, 0.25) is 0 Å². The van der Waals surface area contributed by atoms with Gasteiger partial charge in [-0.3, -0.25) is 5.10 Å². The van der Waals surface area contributed by atoms with Crippen molar-refractivity contribution in [1.29, 1.82) is 0 Å². The molecule has 28 heavy (non-hydrogen) atoms. The van der Waals surface area contributed by atoms with E-state index >= 15 is 0 Å². The van der Waals surface area contributed by atoms with E-state index < -0.39 is 30.1 Å². The Labute approximate surface area is 157 Å². The van der Waals surface area contributed by atoms with Crippen LogP contribution in [0.15, 0.2) is 42.5 Å². The van der Waals surface area contributed by atoms with Crippen molar-refractivity contribution >= 4 is 11.7 Å². The summed E-state index contributed by atoms with van der Waals surface area (Å²) in [7, 11) is 0. The number of nitrogens with one attached hydrogen (secondary N) is 3. The second-order valence-electron chi connectivity index (χ2n) is 5.93. The number of carbonyl (C=O) groups excluding carboxylic acids is 1. The third-order valence-corrected chi connectivity index (χ3v) is 3.79. The normalized spacial score (nSPS) is 11.3. The number of anilines is 1. The van der Waals surface area contributed by atoms with Gasteiger partial charge in [-0.1, -0.05) is 18.2 Å². The van der Waals surface area contributed by atoms with Crippen molar-refractivity contribution in [1.82, 2.24) is 20.5 Å². The van der Waals surface area contributed by atoms with E-state index in [9.17, 15) is 22.4 Å². The Morgan fingerprint density at radius 1 is 1.18 bits per heavy atom. The second kappa shape index (κ2) is 7.67. The molecule has 3 aromatic rings. The average Bonchev–Trinajstić information content (AvgIpc) is 3.06. The third kappa shape index (κ3) is 4.64. The molecule has 1 aromatic heterocycles. The Bertz CT molecular complexity index is 1000. The SMILES string of the molecule is Cc1nc(-c2cccc(NC(=O)NCc3ccc(F)cc3C(F)(F)F)c2)n[nH]1. The lowest BCUT2D eigenvalue weighted by molar-refractivity contribution is -0.138. The van der Waals surface area contributed by atoms with E-state index in [1.807, 2.05) is 0 Å². The number of aryl methyl sites for hydroxylation is 1. The van der Waals surface area contributed by atoms with Crippen molar-refractivity contribution in [2.45, 2.75) is 19.6 Å². The van der Waals surface area contributed by atoms with E-state index in [1.54, 1.807) is 31.2 Å². The molecule has 0 atom stereocenters. The zero-order chi connectivity index (χ0) is 20.3. The number of amides is 2. The smallest absolute Gasteiger partial charge is 0.334 e. The molecule has 0 aliphatic rings. The van der Waals surface area contributed by atoms with Crippen molar-refractivity contribution in [2.24, 2.45) is 0 Å². The quantitative estimate of drug-likeness (QED) is 0.579. The van der Waals surface area contributed by atoms with Crippen LogP contribution in [0.5, 0.6) is 0 Å². The maximum Gasteiger partial charge on any atom is 0.416 e. The molecule has 0 saturated heterocycles. The van der Waals surface area contributed by atoms with E-state index in [0.717, 1.165) is 12.1 Å². The summed E-state index contributed by atoms with van der Waals surface area (Å²) in [6.07, 6.45) is -4.72. The number of H-pyrrole nitrogens is 1. The summed E-state index contributed by atoms with van der Waals surface area (Å²) < 4.78 is 52.1. The van der Waals surface area contributed by atoms with Crippen molar-refractivity contribution in [3.63, 3.8) is 0 Å². The van der Waals surface area contributed by atoms with Crippen LogP contribution in [0.25, 0.3) is 11.4 Å². The van der Waals surface area contributed by atoms with Gasteiger partial charge in [0.05, 0.1) is 5.56 Å². The molecule has 2 amide bonds. The zero-order valence-corrected chi connectivity index (χ0v) is 14.6. The van der Waals surface area contributed by atoms with Gasteiger partial charge in [0.2, 0.25) is 0 Å². The number of nitrogens with zero attached hydrogens (tertiary/aromatic N) is 2. The van der Waals surface area contributed by atoms with Gasteiger partial charge in [-0.2, -0.15) is 18.3 Å². The number of aromatic amines is 1. The first-order valence-corrected chi connectivity index (χ1v) is 8.12. The maximum absolute atomic E-state index is 13.1. The molecule has 3 rings (SSSR count). The predicted molar refractivity (Wildman–Crippen MR) is 93.8 cm³/mol. The average molecular weight is 393 g/mol. The van der Waals surface area contributed by atoms with Gasteiger partial charge in [0.15, 0.2) is 5.82 Å². The molecule has 0 aliphatic carbocycles. The van der Waals surface area contributed by atoms with E-state index in [1.165, 1.54) is 0 Å². The fourth-order valence-electron chi connectivity index (χ4n) is 2.53. The highest BCUT2D eigenvalue weighted by Gasteiger charge is 2.33. The van der Waals surface area contributed by atoms with Crippen LogP contribution in [0.4, 0.5) is 28.0 Å². The molecule has 2 aromatic carbocycles. The lowest BCUT2D eigenvalue weighted by atomic mass is 10.1. The lowest BCUT2D eigenvalue weighted by Gasteiger charge is -2.14. The molecule has 0 unspecified atom stereocenters. The van der Waals surface area contributed by atoms with Crippen LogP contribution in [-0.2, 0) is 12.7 Å². The van der Waals surface area contributed by atoms with Gasteiger partial charge in [0, 0.05) is 17.8 Å². The Balaban J connectivity index is 1.67. The Morgan fingerprint density at radius 2 is 1.96 bits per heavy atom. The molecule has 0 saturated carbocycles. The molecule has 1 heterocycles. The minimum atomic E-state index is -4.72. The van der Waals surface area contributed by atoms with E-state index in [-0.39, 0.29) is 5.56 Å². The van der Waals surface area contributed by atoms with Crippen LogP contribution in [-0.4, -0.2) is 21.2 Å². The molecular weight excluding hydrogens is 378 g/mol. The number of hydrogen-bond donors (Lipinski definition) is 3. The number of aromatic nitrogens is 3. The van der Waals surface area contributed by atoms with Gasteiger partial charge in [0.25, 0.3) is 0 Å². The Morgan fingerprint density at radius 3 is 2.64 bits per heavy atom. The number of rotatable bonds is 4. The molecule has 0 radical (unpaired) electrons. The molecular formula is C18H15F4N5O. The molecule has 3 N–H and O–H groups in total. The molecule has 0 fully saturated rings. The van der Waals surface area contributed by atoms with Crippen molar-refractivity contribution in [3.05, 3.63) is 65.2 Å². The second-order valence-corrected chi connectivity index (χ2v) is 5.93. The fourth-order valence-corrected chi connectivity index (χ4v) is 2.53. The zero-order valence-electron chi connectivity index (χ0n) is 14.6. The van der Waals surface area contributed by atoms with Crippen LogP contribution in [0, 0.1) is 12.7 Å². The summed E-state index contributed by atoms with van der Waals surface area (Å²) in [5.74, 6) is 0.0770. The minimum absolute atomic E-state index is 0.242. The monoisotopic (exact) mass is 393 g/mol. The highest BCUT2D eigenvalue weighted by molar-refractivity contribution is 5.89. The van der Waals surface area contributed by atoms with E-state index in [0.29, 0.717) is 29.0 Å². The van der Waals surface area contributed by atoms with Gasteiger partial charge in [-0.15, -0.1) is 0 Å². The van der Waals surface area contributed by atoms with Crippen LogP contribution < -0.4 is 10.6 Å². The van der Waals surface area contributed by atoms with Crippen molar-refractivity contribution in [2.75, 3.05) is 5.32 Å². The molecule has 0 spiro atoms. The summed E-state index contributed by atoms with van der Waals surface area (Å²) in [6, 6.07) is 8.26. The number of alkyl halides is 3. The van der Waals surface area contributed by atoms with Gasteiger partial charge < -0.3 is 10.6 Å². The topological polar surface area (TPSA) is 82.7 Å². The van der Waals surface area contributed by atoms with Crippen molar-refractivity contribution in [3.8, 4) is 11.4 Å². The Kier molecular flexibility index (Phi) is 5.30.